The van der Waals surface area contributed by atoms with Gasteiger partial charge in [0.2, 0.25) is 0 Å². The summed E-state index contributed by atoms with van der Waals surface area (Å²) in [5.74, 6) is 2.27. The minimum Gasteiger partial charge on any atom is -0.504 e. The van der Waals surface area contributed by atoms with Crippen molar-refractivity contribution in [2.45, 2.75) is 96.4 Å². The third-order valence-electron chi connectivity index (χ3n) is 6.08. The van der Waals surface area contributed by atoms with E-state index in [9.17, 15) is 10.2 Å². The lowest BCUT2D eigenvalue weighted by atomic mass is 9.88. The molecule has 0 radical (unpaired) electrons. The van der Waals surface area contributed by atoms with E-state index in [0.29, 0.717) is 18.3 Å². The first-order valence-electron chi connectivity index (χ1n) is 11.8. The molecular formula is C25H43NO3. The molecule has 1 atom stereocenters. The topological polar surface area (TPSA) is 75.7 Å². The number of aliphatic hydroxyl groups is 1. The number of nitrogens with two attached hydrogens (primary N) is 1. The van der Waals surface area contributed by atoms with Gasteiger partial charge in [-0.15, -0.1) is 0 Å². The Kier molecular flexibility index (Phi) is 10.3. The molecule has 1 aliphatic carbocycles. The van der Waals surface area contributed by atoms with Gasteiger partial charge < -0.3 is 20.7 Å². The van der Waals surface area contributed by atoms with E-state index in [4.69, 9.17) is 10.5 Å². The van der Waals surface area contributed by atoms with Crippen LogP contribution in [0.2, 0.25) is 0 Å². The molecule has 1 fully saturated rings. The number of rotatable bonds is 16. The molecule has 29 heavy (non-hydrogen) atoms. The van der Waals surface area contributed by atoms with Crippen LogP contribution < -0.4 is 10.5 Å². The van der Waals surface area contributed by atoms with E-state index >= 15 is 0 Å². The molecule has 1 aromatic rings. The molecule has 0 heterocycles. The number of unbranched alkanes of at least 4 members (excludes halogenated alkanes) is 5. The van der Waals surface area contributed by atoms with Crippen LogP contribution in [-0.4, -0.2) is 29.0 Å². The van der Waals surface area contributed by atoms with Crippen molar-refractivity contribution in [3.63, 3.8) is 0 Å². The average Bonchev–Trinajstić information content (AvgIpc) is 3.50. The highest BCUT2D eigenvalue weighted by molar-refractivity contribution is 5.41. The normalized spacial score (nSPS) is 16.2. The number of hydrogen-bond donors (Lipinski definition) is 3. The predicted molar refractivity (Wildman–Crippen MR) is 120 cm³/mol. The Morgan fingerprint density at radius 3 is 2.41 bits per heavy atom. The minimum atomic E-state index is -0.499. The molecular weight excluding hydrogens is 362 g/mol. The number of ether oxygens (including phenoxy) is 1. The van der Waals surface area contributed by atoms with Crippen molar-refractivity contribution >= 4 is 0 Å². The number of aromatic hydroxyl groups is 1. The fourth-order valence-electron chi connectivity index (χ4n) is 3.92. The molecule has 0 unspecified atom stereocenters. The number of hydrogen-bond acceptors (Lipinski definition) is 4. The molecule has 0 amide bonds. The van der Waals surface area contributed by atoms with E-state index in [-0.39, 0.29) is 12.4 Å². The molecule has 0 aromatic heterocycles. The van der Waals surface area contributed by atoms with Crippen molar-refractivity contribution in [3.8, 4) is 11.5 Å². The lowest BCUT2D eigenvalue weighted by molar-refractivity contribution is 0.172. The monoisotopic (exact) mass is 405 g/mol. The molecule has 0 bridgehead atoms. The fraction of sp³-hybridized carbons (Fsp3) is 0.760. The Balaban J connectivity index is 1.62. The van der Waals surface area contributed by atoms with Crippen LogP contribution in [0.15, 0.2) is 18.2 Å². The van der Waals surface area contributed by atoms with Gasteiger partial charge in [-0.25, -0.2) is 0 Å². The summed E-state index contributed by atoms with van der Waals surface area (Å²) in [7, 11) is 0. The molecule has 0 saturated heterocycles. The van der Waals surface area contributed by atoms with Crippen LogP contribution in [0.25, 0.3) is 0 Å². The Morgan fingerprint density at radius 2 is 1.79 bits per heavy atom. The second-order valence-electron chi connectivity index (χ2n) is 9.62. The summed E-state index contributed by atoms with van der Waals surface area (Å²) >= 11 is 0. The van der Waals surface area contributed by atoms with E-state index in [1.807, 2.05) is 12.1 Å². The van der Waals surface area contributed by atoms with E-state index < -0.39 is 5.54 Å². The molecule has 0 aliphatic heterocycles. The van der Waals surface area contributed by atoms with Crippen LogP contribution in [0.3, 0.4) is 0 Å². The van der Waals surface area contributed by atoms with Gasteiger partial charge in [0.05, 0.1) is 13.2 Å². The third-order valence-corrected chi connectivity index (χ3v) is 6.08. The SMILES string of the molecule is CC(C)CCCCCCCCOc1ccc(CC[C@@](N)(CO)CC2CC2)cc1O. The van der Waals surface area contributed by atoms with Crippen LogP contribution >= 0.6 is 0 Å². The first kappa shape index (κ1) is 24.0. The van der Waals surface area contributed by atoms with Gasteiger partial charge in [-0.3, -0.25) is 0 Å². The number of benzene rings is 1. The first-order valence-corrected chi connectivity index (χ1v) is 11.8. The first-order chi connectivity index (χ1) is 13.9. The molecule has 166 valence electrons. The number of phenolic OH excluding ortho intramolecular Hbond substituents is 1. The summed E-state index contributed by atoms with van der Waals surface area (Å²) in [6.45, 7) is 5.25. The smallest absolute Gasteiger partial charge is 0.160 e. The molecule has 1 aromatic carbocycles. The van der Waals surface area contributed by atoms with E-state index in [0.717, 1.165) is 37.2 Å². The molecule has 4 heteroatoms. The summed E-state index contributed by atoms with van der Waals surface area (Å²) in [5, 5.41) is 19.9. The van der Waals surface area contributed by atoms with Crippen molar-refractivity contribution in [3.05, 3.63) is 23.8 Å². The van der Waals surface area contributed by atoms with E-state index in [2.05, 4.69) is 13.8 Å². The summed E-state index contributed by atoms with van der Waals surface area (Å²) in [6.07, 6.45) is 13.7. The lowest BCUT2D eigenvalue weighted by Gasteiger charge is -2.27. The second kappa shape index (κ2) is 12.4. The van der Waals surface area contributed by atoms with Gasteiger partial charge in [0, 0.05) is 5.54 Å². The lowest BCUT2D eigenvalue weighted by Crippen LogP contribution is -2.44. The maximum Gasteiger partial charge on any atom is 0.160 e. The van der Waals surface area contributed by atoms with Crippen molar-refractivity contribution in [1.82, 2.24) is 0 Å². The summed E-state index contributed by atoms with van der Waals surface area (Å²) < 4.78 is 5.76. The van der Waals surface area contributed by atoms with E-state index in [1.165, 1.54) is 51.4 Å². The highest BCUT2D eigenvalue weighted by Gasteiger charge is 2.33. The maximum absolute atomic E-state index is 10.3. The Morgan fingerprint density at radius 1 is 1.10 bits per heavy atom. The summed E-state index contributed by atoms with van der Waals surface area (Å²) in [5.41, 5.74) is 6.90. The van der Waals surface area contributed by atoms with Crippen LogP contribution in [0.4, 0.5) is 0 Å². The van der Waals surface area contributed by atoms with Gasteiger partial charge in [0.15, 0.2) is 11.5 Å². The van der Waals surface area contributed by atoms with Crippen LogP contribution in [0.5, 0.6) is 11.5 Å². The molecule has 0 spiro atoms. The maximum atomic E-state index is 10.3. The number of aryl methyl sites for hydroxylation is 1. The van der Waals surface area contributed by atoms with Crippen molar-refractivity contribution in [2.75, 3.05) is 13.2 Å². The van der Waals surface area contributed by atoms with Crippen LogP contribution in [0, 0.1) is 11.8 Å². The van der Waals surface area contributed by atoms with Gasteiger partial charge in [0.1, 0.15) is 0 Å². The zero-order chi connectivity index (χ0) is 21.1. The van der Waals surface area contributed by atoms with Crippen molar-refractivity contribution < 1.29 is 14.9 Å². The van der Waals surface area contributed by atoms with Crippen LogP contribution in [0.1, 0.15) is 90.0 Å². The second-order valence-corrected chi connectivity index (χ2v) is 9.62. The van der Waals surface area contributed by atoms with Crippen molar-refractivity contribution in [2.24, 2.45) is 17.6 Å². The molecule has 1 saturated carbocycles. The molecule has 2 rings (SSSR count). The Bertz CT molecular complexity index is 585. The number of phenols is 1. The van der Waals surface area contributed by atoms with Crippen molar-refractivity contribution in [1.29, 1.82) is 0 Å². The Labute approximate surface area is 177 Å². The quantitative estimate of drug-likeness (QED) is 0.314. The van der Waals surface area contributed by atoms with Gasteiger partial charge in [-0.1, -0.05) is 71.3 Å². The zero-order valence-electron chi connectivity index (χ0n) is 18.7. The van der Waals surface area contributed by atoms with Gasteiger partial charge in [-0.05, 0) is 55.2 Å². The summed E-state index contributed by atoms with van der Waals surface area (Å²) in [4.78, 5) is 0. The highest BCUT2D eigenvalue weighted by atomic mass is 16.5. The van der Waals surface area contributed by atoms with E-state index in [1.54, 1.807) is 6.07 Å². The number of aliphatic hydroxyl groups excluding tert-OH is 1. The third kappa shape index (κ3) is 9.86. The Hall–Kier alpha value is -1.26. The zero-order valence-corrected chi connectivity index (χ0v) is 18.7. The molecule has 1 aliphatic rings. The average molecular weight is 406 g/mol. The molecule has 4 N–H and O–H groups in total. The van der Waals surface area contributed by atoms with Gasteiger partial charge >= 0.3 is 0 Å². The highest BCUT2D eigenvalue weighted by Crippen LogP contribution is 2.37. The predicted octanol–water partition coefficient (Wildman–Crippen LogP) is 5.58. The van der Waals surface area contributed by atoms with Gasteiger partial charge in [-0.2, -0.15) is 0 Å². The fourth-order valence-corrected chi connectivity index (χ4v) is 3.92. The molecule has 4 nitrogen and oxygen atoms in total. The largest absolute Gasteiger partial charge is 0.504 e. The van der Waals surface area contributed by atoms with Gasteiger partial charge in [0.25, 0.3) is 0 Å². The summed E-state index contributed by atoms with van der Waals surface area (Å²) in [6, 6.07) is 5.63. The minimum absolute atomic E-state index is 0.0222. The van der Waals surface area contributed by atoms with Crippen LogP contribution in [-0.2, 0) is 6.42 Å². The standard InChI is InChI=1S/C25H43NO3/c1-20(2)9-7-5-3-4-6-8-16-29-24-13-12-21(17-23(24)28)14-15-25(26,19-27)18-22-10-11-22/h12-13,17,20,22,27-28H,3-11,14-16,18-19,26H2,1-2H3/t25-/m0/s1.